The van der Waals surface area contributed by atoms with E-state index in [0.717, 1.165) is 6.42 Å². The van der Waals surface area contributed by atoms with Gasteiger partial charge < -0.3 is 5.32 Å². The maximum absolute atomic E-state index is 13.2. The van der Waals surface area contributed by atoms with Gasteiger partial charge in [0.2, 0.25) is 0 Å². The second-order valence-corrected chi connectivity index (χ2v) is 3.50. The summed E-state index contributed by atoms with van der Waals surface area (Å²) < 4.78 is 13.2. The van der Waals surface area contributed by atoms with Crippen LogP contribution in [0.2, 0.25) is 0 Å². The van der Waals surface area contributed by atoms with Crippen LogP contribution in [0.5, 0.6) is 0 Å². The van der Waals surface area contributed by atoms with Crippen molar-refractivity contribution in [2.45, 2.75) is 6.42 Å². The molecule has 1 heterocycles. The van der Waals surface area contributed by atoms with E-state index in [1.54, 1.807) is 12.3 Å². The monoisotopic (exact) mass is 216 g/mol. The van der Waals surface area contributed by atoms with E-state index in [1.807, 2.05) is 18.2 Å². The Morgan fingerprint density at radius 2 is 1.88 bits per heavy atom. The first-order chi connectivity index (χ1) is 7.86. The number of hydrogen-bond donors (Lipinski definition) is 1. The standard InChI is InChI=1S/C13H13FN2/c14-12-7-4-9-15-13(12)16-10-8-11-5-2-1-3-6-11/h1-7,9H,8,10H2,(H,15,16). The van der Waals surface area contributed by atoms with E-state index < -0.39 is 0 Å². The van der Waals surface area contributed by atoms with E-state index in [1.165, 1.54) is 11.6 Å². The number of benzene rings is 1. The van der Waals surface area contributed by atoms with Crippen LogP contribution in [0.15, 0.2) is 48.7 Å². The number of hydrogen-bond acceptors (Lipinski definition) is 2. The summed E-state index contributed by atoms with van der Waals surface area (Å²) in [6, 6.07) is 13.1. The molecule has 1 N–H and O–H groups in total. The first kappa shape index (κ1) is 10.6. The smallest absolute Gasteiger partial charge is 0.165 e. The van der Waals surface area contributed by atoms with Crippen LogP contribution in [-0.2, 0) is 6.42 Å². The average Bonchev–Trinajstić information content (AvgIpc) is 2.33. The van der Waals surface area contributed by atoms with Gasteiger partial charge >= 0.3 is 0 Å². The highest BCUT2D eigenvalue weighted by molar-refractivity contribution is 5.35. The number of halogens is 1. The summed E-state index contributed by atoms with van der Waals surface area (Å²) in [6.07, 6.45) is 2.44. The van der Waals surface area contributed by atoms with Gasteiger partial charge in [0.05, 0.1) is 0 Å². The number of aromatic nitrogens is 1. The highest BCUT2D eigenvalue weighted by atomic mass is 19.1. The maximum Gasteiger partial charge on any atom is 0.165 e. The van der Waals surface area contributed by atoms with Crippen molar-refractivity contribution >= 4 is 5.82 Å². The summed E-state index contributed by atoms with van der Waals surface area (Å²) in [6.45, 7) is 0.679. The van der Waals surface area contributed by atoms with Crippen LogP contribution >= 0.6 is 0 Å². The van der Waals surface area contributed by atoms with Crippen LogP contribution in [0.4, 0.5) is 10.2 Å². The molecule has 2 aromatic rings. The fourth-order valence-electron chi connectivity index (χ4n) is 1.49. The van der Waals surface area contributed by atoms with Gasteiger partial charge in [-0.3, -0.25) is 0 Å². The second kappa shape index (κ2) is 5.26. The van der Waals surface area contributed by atoms with Crippen LogP contribution in [0.3, 0.4) is 0 Å². The van der Waals surface area contributed by atoms with Crippen molar-refractivity contribution < 1.29 is 4.39 Å². The molecule has 16 heavy (non-hydrogen) atoms. The first-order valence-corrected chi connectivity index (χ1v) is 5.24. The topological polar surface area (TPSA) is 24.9 Å². The van der Waals surface area contributed by atoms with Crippen molar-refractivity contribution in [3.63, 3.8) is 0 Å². The van der Waals surface area contributed by atoms with Crippen molar-refractivity contribution in [2.24, 2.45) is 0 Å². The third-order valence-corrected chi connectivity index (χ3v) is 2.31. The fourth-order valence-corrected chi connectivity index (χ4v) is 1.49. The lowest BCUT2D eigenvalue weighted by atomic mass is 10.1. The van der Waals surface area contributed by atoms with Crippen molar-refractivity contribution in [3.05, 3.63) is 60.0 Å². The number of pyridine rings is 1. The summed E-state index contributed by atoms with van der Waals surface area (Å²) in [5.74, 6) is 0.00833. The number of rotatable bonds is 4. The third kappa shape index (κ3) is 2.79. The Hall–Kier alpha value is -1.90. The zero-order valence-electron chi connectivity index (χ0n) is 8.86. The first-order valence-electron chi connectivity index (χ1n) is 5.24. The summed E-state index contributed by atoms with van der Waals surface area (Å²) in [4.78, 5) is 3.92. The van der Waals surface area contributed by atoms with Crippen LogP contribution in [-0.4, -0.2) is 11.5 Å². The van der Waals surface area contributed by atoms with Gasteiger partial charge in [-0.05, 0) is 24.1 Å². The summed E-state index contributed by atoms with van der Waals surface area (Å²) >= 11 is 0. The molecular weight excluding hydrogens is 203 g/mol. The van der Waals surface area contributed by atoms with Crippen LogP contribution < -0.4 is 5.32 Å². The van der Waals surface area contributed by atoms with Gasteiger partial charge in [-0.25, -0.2) is 9.37 Å². The molecule has 0 atom stereocenters. The maximum atomic E-state index is 13.2. The number of anilines is 1. The minimum Gasteiger partial charge on any atom is -0.367 e. The molecule has 0 unspecified atom stereocenters. The van der Waals surface area contributed by atoms with E-state index in [0.29, 0.717) is 12.4 Å². The van der Waals surface area contributed by atoms with Gasteiger partial charge in [0.15, 0.2) is 11.6 Å². The van der Waals surface area contributed by atoms with Crippen LogP contribution in [0.25, 0.3) is 0 Å². The Morgan fingerprint density at radius 3 is 2.62 bits per heavy atom. The Kier molecular flexibility index (Phi) is 3.49. The molecule has 0 amide bonds. The highest BCUT2D eigenvalue weighted by Gasteiger charge is 2.00. The lowest BCUT2D eigenvalue weighted by Crippen LogP contribution is -2.07. The molecule has 0 aliphatic rings. The Labute approximate surface area is 94.2 Å². The minimum absolute atomic E-state index is 0.310. The molecule has 0 fully saturated rings. The van der Waals surface area contributed by atoms with E-state index >= 15 is 0 Å². The average molecular weight is 216 g/mol. The van der Waals surface area contributed by atoms with Gasteiger partial charge in [0.25, 0.3) is 0 Å². The lowest BCUT2D eigenvalue weighted by Gasteiger charge is -2.05. The van der Waals surface area contributed by atoms with Crippen molar-refractivity contribution in [1.82, 2.24) is 4.98 Å². The van der Waals surface area contributed by atoms with Gasteiger partial charge in [-0.15, -0.1) is 0 Å². The van der Waals surface area contributed by atoms with E-state index in [2.05, 4.69) is 22.4 Å². The quantitative estimate of drug-likeness (QED) is 0.850. The molecule has 0 aliphatic heterocycles. The Bertz CT molecular complexity index is 443. The van der Waals surface area contributed by atoms with Crippen molar-refractivity contribution in [3.8, 4) is 0 Å². The zero-order valence-corrected chi connectivity index (χ0v) is 8.86. The van der Waals surface area contributed by atoms with Gasteiger partial charge in [-0.1, -0.05) is 30.3 Å². The van der Waals surface area contributed by atoms with Crippen LogP contribution in [0, 0.1) is 5.82 Å². The molecule has 2 nitrogen and oxygen atoms in total. The molecule has 1 aromatic carbocycles. The highest BCUT2D eigenvalue weighted by Crippen LogP contribution is 2.08. The molecule has 1 aromatic heterocycles. The summed E-state index contributed by atoms with van der Waals surface area (Å²) in [5, 5.41) is 2.98. The van der Waals surface area contributed by atoms with E-state index in [4.69, 9.17) is 0 Å². The van der Waals surface area contributed by atoms with E-state index in [-0.39, 0.29) is 5.82 Å². The van der Waals surface area contributed by atoms with Crippen LogP contribution in [0.1, 0.15) is 5.56 Å². The third-order valence-electron chi connectivity index (χ3n) is 2.31. The Balaban J connectivity index is 1.87. The van der Waals surface area contributed by atoms with Crippen molar-refractivity contribution in [2.75, 3.05) is 11.9 Å². The van der Waals surface area contributed by atoms with Gasteiger partial charge in [0, 0.05) is 12.7 Å². The van der Waals surface area contributed by atoms with E-state index in [9.17, 15) is 4.39 Å². The molecular formula is C13H13FN2. The summed E-state index contributed by atoms with van der Waals surface area (Å²) in [5.41, 5.74) is 1.23. The molecule has 2 rings (SSSR count). The number of nitrogens with zero attached hydrogens (tertiary/aromatic N) is 1. The van der Waals surface area contributed by atoms with Crippen molar-refractivity contribution in [1.29, 1.82) is 0 Å². The predicted molar refractivity (Wildman–Crippen MR) is 62.8 cm³/mol. The SMILES string of the molecule is Fc1cccnc1NCCc1ccccc1. The minimum atomic E-state index is -0.310. The Morgan fingerprint density at radius 1 is 1.06 bits per heavy atom. The molecule has 0 spiro atoms. The molecule has 0 saturated heterocycles. The molecule has 0 radical (unpaired) electrons. The predicted octanol–water partition coefficient (Wildman–Crippen LogP) is 2.88. The normalized spacial score (nSPS) is 10.1. The molecule has 82 valence electrons. The molecule has 0 saturated carbocycles. The second-order valence-electron chi connectivity index (χ2n) is 3.50. The molecule has 3 heteroatoms. The molecule has 0 bridgehead atoms. The fraction of sp³-hybridized carbons (Fsp3) is 0.154. The number of nitrogens with one attached hydrogen (secondary N) is 1. The lowest BCUT2D eigenvalue weighted by molar-refractivity contribution is 0.624. The zero-order chi connectivity index (χ0) is 11.2. The largest absolute Gasteiger partial charge is 0.367 e. The molecule has 0 aliphatic carbocycles. The van der Waals surface area contributed by atoms with Gasteiger partial charge in [0.1, 0.15) is 0 Å². The van der Waals surface area contributed by atoms with Gasteiger partial charge in [-0.2, -0.15) is 0 Å². The summed E-state index contributed by atoms with van der Waals surface area (Å²) in [7, 11) is 0.